The topological polar surface area (TPSA) is 64.2 Å². The summed E-state index contributed by atoms with van der Waals surface area (Å²) in [6, 6.07) is 1.97. The summed E-state index contributed by atoms with van der Waals surface area (Å²) in [6.45, 7) is 0.780. The Morgan fingerprint density at radius 3 is 2.88 bits per heavy atom. The predicted molar refractivity (Wildman–Crippen MR) is 66.3 cm³/mol. The number of pyridine rings is 1. The molecule has 0 unspecified atom stereocenters. The summed E-state index contributed by atoms with van der Waals surface area (Å²) in [7, 11) is 3.50. The molecule has 5 heteroatoms. The first kappa shape index (κ1) is 11.6. The van der Waals surface area contributed by atoms with E-state index in [1.54, 1.807) is 31.4 Å². The van der Waals surface area contributed by atoms with Crippen molar-refractivity contribution in [2.24, 2.45) is 5.73 Å². The fourth-order valence-corrected chi connectivity index (χ4v) is 1.76. The SMILES string of the molecule is CN(C)C(=O)Cn1ccc2c(CN)cncc21. The van der Waals surface area contributed by atoms with Crippen LogP contribution in [0.5, 0.6) is 0 Å². The molecule has 17 heavy (non-hydrogen) atoms. The van der Waals surface area contributed by atoms with Crippen LogP contribution in [-0.2, 0) is 17.9 Å². The highest BCUT2D eigenvalue weighted by atomic mass is 16.2. The van der Waals surface area contributed by atoms with Gasteiger partial charge in [0.1, 0.15) is 6.54 Å². The van der Waals surface area contributed by atoms with E-state index in [-0.39, 0.29) is 5.91 Å². The molecule has 1 amide bonds. The van der Waals surface area contributed by atoms with Crippen molar-refractivity contribution < 1.29 is 4.79 Å². The van der Waals surface area contributed by atoms with Crippen molar-refractivity contribution in [1.82, 2.24) is 14.5 Å². The van der Waals surface area contributed by atoms with E-state index in [2.05, 4.69) is 4.98 Å². The first-order valence-electron chi connectivity index (χ1n) is 5.45. The van der Waals surface area contributed by atoms with Gasteiger partial charge in [-0.2, -0.15) is 0 Å². The minimum absolute atomic E-state index is 0.0562. The van der Waals surface area contributed by atoms with Gasteiger partial charge in [0.15, 0.2) is 0 Å². The Bertz CT molecular complexity index is 544. The average Bonchev–Trinajstić information content (AvgIpc) is 2.72. The van der Waals surface area contributed by atoms with Gasteiger partial charge in [0.25, 0.3) is 0 Å². The van der Waals surface area contributed by atoms with Gasteiger partial charge < -0.3 is 15.2 Å². The fourth-order valence-electron chi connectivity index (χ4n) is 1.76. The lowest BCUT2D eigenvalue weighted by Gasteiger charge is -2.11. The second kappa shape index (κ2) is 4.55. The molecule has 0 radical (unpaired) electrons. The zero-order chi connectivity index (χ0) is 12.4. The molecule has 0 bridgehead atoms. The van der Waals surface area contributed by atoms with E-state index >= 15 is 0 Å². The van der Waals surface area contributed by atoms with E-state index in [4.69, 9.17) is 5.73 Å². The number of rotatable bonds is 3. The van der Waals surface area contributed by atoms with Crippen LogP contribution in [0.25, 0.3) is 10.9 Å². The highest BCUT2D eigenvalue weighted by Gasteiger charge is 2.09. The largest absolute Gasteiger partial charge is 0.347 e. The number of carbonyl (C=O) groups is 1. The standard InChI is InChI=1S/C12H16N4O/c1-15(2)12(17)8-16-4-3-10-9(5-13)6-14-7-11(10)16/h3-4,6-7H,5,8,13H2,1-2H3. The van der Waals surface area contributed by atoms with Crippen molar-refractivity contribution in [2.75, 3.05) is 14.1 Å². The maximum absolute atomic E-state index is 11.7. The van der Waals surface area contributed by atoms with Crippen LogP contribution in [-0.4, -0.2) is 34.5 Å². The summed E-state index contributed by atoms with van der Waals surface area (Å²) in [5.41, 5.74) is 7.60. The smallest absolute Gasteiger partial charge is 0.241 e. The number of hydrogen-bond donors (Lipinski definition) is 1. The van der Waals surface area contributed by atoms with E-state index in [0.29, 0.717) is 13.1 Å². The van der Waals surface area contributed by atoms with Gasteiger partial charge in [-0.3, -0.25) is 9.78 Å². The molecule has 0 aromatic carbocycles. The van der Waals surface area contributed by atoms with Gasteiger partial charge in [-0.25, -0.2) is 0 Å². The molecule has 2 rings (SSSR count). The third-order valence-corrected chi connectivity index (χ3v) is 2.80. The predicted octanol–water partition coefficient (Wildman–Crippen LogP) is 0.583. The van der Waals surface area contributed by atoms with Crippen LogP contribution in [0.2, 0.25) is 0 Å². The quantitative estimate of drug-likeness (QED) is 0.842. The minimum Gasteiger partial charge on any atom is -0.347 e. The molecule has 0 aliphatic rings. The second-order valence-electron chi connectivity index (χ2n) is 4.17. The summed E-state index contributed by atoms with van der Waals surface area (Å²) in [4.78, 5) is 17.4. The van der Waals surface area contributed by atoms with Gasteiger partial charge >= 0.3 is 0 Å². The van der Waals surface area contributed by atoms with Gasteiger partial charge in [-0.15, -0.1) is 0 Å². The molecule has 90 valence electrons. The summed E-state index contributed by atoms with van der Waals surface area (Å²) >= 11 is 0. The van der Waals surface area contributed by atoms with Gasteiger partial charge in [0.2, 0.25) is 5.91 Å². The molecular weight excluding hydrogens is 216 g/mol. The average molecular weight is 232 g/mol. The number of fused-ring (bicyclic) bond motifs is 1. The summed E-state index contributed by atoms with van der Waals surface area (Å²) < 4.78 is 1.89. The first-order valence-corrected chi connectivity index (χ1v) is 5.45. The summed E-state index contributed by atoms with van der Waals surface area (Å²) in [6.07, 6.45) is 5.42. The highest BCUT2D eigenvalue weighted by Crippen LogP contribution is 2.18. The molecule has 2 aromatic rings. The molecule has 2 aromatic heterocycles. The Balaban J connectivity index is 2.40. The van der Waals surface area contributed by atoms with Gasteiger partial charge in [0, 0.05) is 38.4 Å². The Morgan fingerprint density at radius 2 is 2.24 bits per heavy atom. The molecule has 0 spiro atoms. The normalized spacial score (nSPS) is 10.8. The van der Waals surface area contributed by atoms with E-state index in [9.17, 15) is 4.79 Å². The number of amides is 1. The Morgan fingerprint density at radius 1 is 1.47 bits per heavy atom. The van der Waals surface area contributed by atoms with Crippen molar-refractivity contribution in [1.29, 1.82) is 0 Å². The second-order valence-corrected chi connectivity index (χ2v) is 4.17. The molecule has 2 N–H and O–H groups in total. The Hall–Kier alpha value is -1.88. The summed E-state index contributed by atoms with van der Waals surface area (Å²) in [5.74, 6) is 0.0562. The van der Waals surface area contributed by atoms with E-state index < -0.39 is 0 Å². The van der Waals surface area contributed by atoms with E-state index in [1.165, 1.54) is 0 Å². The third kappa shape index (κ3) is 2.14. The number of aromatic nitrogens is 2. The first-order chi connectivity index (χ1) is 8.13. The molecule has 2 heterocycles. The monoisotopic (exact) mass is 232 g/mol. The molecule has 0 aliphatic heterocycles. The molecule has 5 nitrogen and oxygen atoms in total. The lowest BCUT2D eigenvalue weighted by Crippen LogP contribution is -2.25. The zero-order valence-corrected chi connectivity index (χ0v) is 10.1. The zero-order valence-electron chi connectivity index (χ0n) is 10.1. The van der Waals surface area contributed by atoms with Gasteiger partial charge in [-0.05, 0) is 11.6 Å². The fraction of sp³-hybridized carbons (Fsp3) is 0.333. The van der Waals surface area contributed by atoms with Crippen molar-refractivity contribution in [3.05, 3.63) is 30.2 Å². The van der Waals surface area contributed by atoms with Crippen molar-refractivity contribution in [2.45, 2.75) is 13.1 Å². The van der Waals surface area contributed by atoms with Crippen molar-refractivity contribution in [3.8, 4) is 0 Å². The number of nitrogens with zero attached hydrogens (tertiary/aromatic N) is 3. The Labute approximate surface area is 99.8 Å². The molecule has 0 fully saturated rings. The van der Waals surface area contributed by atoms with E-state index in [1.807, 2.05) is 16.8 Å². The summed E-state index contributed by atoms with van der Waals surface area (Å²) in [5, 5.41) is 1.06. The van der Waals surface area contributed by atoms with Crippen LogP contribution in [0.15, 0.2) is 24.7 Å². The van der Waals surface area contributed by atoms with Crippen LogP contribution in [0.1, 0.15) is 5.56 Å². The molecule has 0 aliphatic carbocycles. The lowest BCUT2D eigenvalue weighted by atomic mass is 10.2. The lowest BCUT2D eigenvalue weighted by molar-refractivity contribution is -0.129. The minimum atomic E-state index is 0.0562. The number of nitrogens with two attached hydrogens (primary N) is 1. The molecule has 0 saturated carbocycles. The maximum Gasteiger partial charge on any atom is 0.241 e. The van der Waals surface area contributed by atoms with Crippen molar-refractivity contribution >= 4 is 16.8 Å². The van der Waals surface area contributed by atoms with Crippen LogP contribution in [0.3, 0.4) is 0 Å². The van der Waals surface area contributed by atoms with Crippen LogP contribution in [0.4, 0.5) is 0 Å². The van der Waals surface area contributed by atoms with Crippen LogP contribution < -0.4 is 5.73 Å². The maximum atomic E-state index is 11.7. The van der Waals surface area contributed by atoms with Crippen LogP contribution in [0, 0.1) is 0 Å². The Kier molecular flexibility index (Phi) is 3.10. The van der Waals surface area contributed by atoms with Gasteiger partial charge in [-0.1, -0.05) is 0 Å². The number of hydrogen-bond acceptors (Lipinski definition) is 3. The number of carbonyl (C=O) groups excluding carboxylic acids is 1. The molecular formula is C12H16N4O. The van der Waals surface area contributed by atoms with Gasteiger partial charge in [0.05, 0.1) is 11.7 Å². The molecule has 0 atom stereocenters. The third-order valence-electron chi connectivity index (χ3n) is 2.80. The van der Waals surface area contributed by atoms with Crippen LogP contribution >= 0.6 is 0 Å². The number of likely N-dealkylation sites (N-methyl/N-ethyl adjacent to an activating group) is 1. The van der Waals surface area contributed by atoms with Crippen molar-refractivity contribution in [3.63, 3.8) is 0 Å². The highest BCUT2D eigenvalue weighted by molar-refractivity contribution is 5.85. The van der Waals surface area contributed by atoms with E-state index in [0.717, 1.165) is 16.5 Å². The molecule has 0 saturated heterocycles.